The van der Waals surface area contributed by atoms with E-state index in [2.05, 4.69) is 20.9 Å². The molecule has 0 aromatic heterocycles. The van der Waals surface area contributed by atoms with Crippen LogP contribution in [0.4, 0.5) is 4.39 Å². The third-order valence-corrected chi connectivity index (χ3v) is 3.37. The molecule has 0 fully saturated rings. The molecule has 8 heteroatoms. The monoisotopic (exact) mass is 480 g/mol. The van der Waals surface area contributed by atoms with E-state index >= 15 is 0 Å². The van der Waals surface area contributed by atoms with Crippen molar-refractivity contribution in [2.24, 2.45) is 4.99 Å². The molecule has 0 bridgehead atoms. The van der Waals surface area contributed by atoms with Crippen molar-refractivity contribution in [1.29, 1.82) is 0 Å². The Labute approximate surface area is 172 Å². The minimum absolute atomic E-state index is 0. The molecule has 0 radical (unpaired) electrons. The first-order valence-electron chi connectivity index (χ1n) is 8.60. The first kappa shape index (κ1) is 24.4. The molecule has 1 atom stereocenters. The number of carbonyl (C=O) groups is 1. The highest BCUT2D eigenvalue weighted by Crippen LogP contribution is 2.14. The van der Waals surface area contributed by atoms with Crippen LogP contribution in [0.5, 0.6) is 5.75 Å². The lowest BCUT2D eigenvalue weighted by Crippen LogP contribution is -2.43. The number of aliphatic imine (C=N–C) groups is 1. The second-order valence-electron chi connectivity index (χ2n) is 5.96. The van der Waals surface area contributed by atoms with Crippen molar-refractivity contribution < 1.29 is 13.9 Å². The number of benzene rings is 1. The molecule has 1 unspecified atom stereocenters. The van der Waals surface area contributed by atoms with Gasteiger partial charge in [0.15, 0.2) is 5.96 Å². The van der Waals surface area contributed by atoms with Gasteiger partial charge in [0.05, 0.1) is 6.54 Å². The summed E-state index contributed by atoms with van der Waals surface area (Å²) < 4.78 is 19.0. The van der Waals surface area contributed by atoms with Crippen molar-refractivity contribution in [2.45, 2.75) is 45.8 Å². The molecule has 1 rings (SSSR count). The highest BCUT2D eigenvalue weighted by molar-refractivity contribution is 14.0. The van der Waals surface area contributed by atoms with Gasteiger partial charge in [0, 0.05) is 32.1 Å². The molecule has 0 aliphatic heterocycles. The third-order valence-electron chi connectivity index (χ3n) is 3.37. The smallest absolute Gasteiger partial charge is 0.221 e. The molecular weight excluding hydrogens is 450 g/mol. The molecule has 0 spiro atoms. The van der Waals surface area contributed by atoms with Crippen LogP contribution in [0.15, 0.2) is 29.3 Å². The summed E-state index contributed by atoms with van der Waals surface area (Å²) >= 11 is 0. The summed E-state index contributed by atoms with van der Waals surface area (Å²) in [5.74, 6) is 0.775. The van der Waals surface area contributed by atoms with Gasteiger partial charge >= 0.3 is 0 Å². The predicted molar refractivity (Wildman–Crippen MR) is 114 cm³/mol. The fourth-order valence-electron chi connectivity index (χ4n) is 2.12. The number of carbonyl (C=O) groups excluding carboxylic acids is 1. The van der Waals surface area contributed by atoms with Crippen LogP contribution in [-0.4, -0.2) is 44.1 Å². The van der Waals surface area contributed by atoms with Gasteiger partial charge in [-0.1, -0.05) is 13.0 Å². The highest BCUT2D eigenvalue weighted by atomic mass is 127. The minimum atomic E-state index is -0.322. The van der Waals surface area contributed by atoms with Crippen molar-refractivity contribution in [3.8, 4) is 5.75 Å². The molecule has 0 saturated carbocycles. The molecule has 0 saturated heterocycles. The second kappa shape index (κ2) is 13.6. The molecular formula is C18H30FIN4O2. The number of guanidine groups is 1. The summed E-state index contributed by atoms with van der Waals surface area (Å²) in [6.45, 7) is 6.85. The lowest BCUT2D eigenvalue weighted by molar-refractivity contribution is -0.121. The van der Waals surface area contributed by atoms with E-state index < -0.39 is 0 Å². The Hall–Kier alpha value is -1.58. The number of amides is 1. The summed E-state index contributed by atoms with van der Waals surface area (Å²) in [7, 11) is 1.66. The van der Waals surface area contributed by atoms with Crippen LogP contribution in [0.1, 0.15) is 33.6 Å². The van der Waals surface area contributed by atoms with Gasteiger partial charge < -0.3 is 20.7 Å². The van der Waals surface area contributed by atoms with Crippen LogP contribution < -0.4 is 20.7 Å². The van der Waals surface area contributed by atoms with Crippen molar-refractivity contribution in [2.75, 3.05) is 20.1 Å². The molecule has 3 N–H and O–H groups in total. The minimum Gasteiger partial charge on any atom is -0.489 e. The summed E-state index contributed by atoms with van der Waals surface area (Å²) in [5, 5.41) is 9.08. The van der Waals surface area contributed by atoms with Crippen LogP contribution in [0.25, 0.3) is 0 Å². The van der Waals surface area contributed by atoms with Crippen molar-refractivity contribution in [3.63, 3.8) is 0 Å². The van der Waals surface area contributed by atoms with Crippen LogP contribution >= 0.6 is 24.0 Å². The van der Waals surface area contributed by atoms with Crippen molar-refractivity contribution >= 4 is 35.8 Å². The normalized spacial score (nSPS) is 12.2. The van der Waals surface area contributed by atoms with E-state index in [-0.39, 0.29) is 47.8 Å². The van der Waals surface area contributed by atoms with E-state index in [1.807, 2.05) is 20.8 Å². The number of ether oxygens (including phenoxy) is 1. The van der Waals surface area contributed by atoms with Gasteiger partial charge in [0.2, 0.25) is 5.91 Å². The number of nitrogens with one attached hydrogen (secondary N) is 3. The summed E-state index contributed by atoms with van der Waals surface area (Å²) in [5.41, 5.74) is 0. The lowest BCUT2D eigenvalue weighted by atomic mass is 10.2. The average molecular weight is 480 g/mol. The topological polar surface area (TPSA) is 74.8 Å². The Bertz CT molecular complexity index is 570. The van der Waals surface area contributed by atoms with Crippen LogP contribution in [0.2, 0.25) is 0 Å². The third kappa shape index (κ3) is 10.4. The highest BCUT2D eigenvalue weighted by Gasteiger charge is 2.10. The average Bonchev–Trinajstić information content (AvgIpc) is 2.56. The van der Waals surface area contributed by atoms with Gasteiger partial charge in [-0.3, -0.25) is 9.79 Å². The van der Waals surface area contributed by atoms with E-state index in [9.17, 15) is 9.18 Å². The fourth-order valence-corrected chi connectivity index (χ4v) is 2.12. The molecule has 1 aromatic carbocycles. The number of halogens is 2. The molecule has 1 aromatic rings. The van der Waals surface area contributed by atoms with Gasteiger partial charge in [-0.25, -0.2) is 4.39 Å². The van der Waals surface area contributed by atoms with Crippen LogP contribution in [0, 0.1) is 5.82 Å². The van der Waals surface area contributed by atoms with Crippen LogP contribution in [-0.2, 0) is 4.79 Å². The molecule has 6 nitrogen and oxygen atoms in total. The Morgan fingerprint density at radius 3 is 2.62 bits per heavy atom. The zero-order valence-electron chi connectivity index (χ0n) is 15.8. The van der Waals surface area contributed by atoms with Crippen molar-refractivity contribution in [1.82, 2.24) is 16.0 Å². The summed E-state index contributed by atoms with van der Waals surface area (Å²) in [4.78, 5) is 15.7. The first-order valence-corrected chi connectivity index (χ1v) is 8.60. The van der Waals surface area contributed by atoms with E-state index in [1.165, 1.54) is 12.1 Å². The largest absolute Gasteiger partial charge is 0.489 e. The van der Waals surface area contributed by atoms with Gasteiger partial charge in [-0.05, 0) is 32.4 Å². The van der Waals surface area contributed by atoms with E-state index in [1.54, 1.807) is 19.2 Å². The van der Waals surface area contributed by atoms with Gasteiger partial charge in [0.1, 0.15) is 17.7 Å². The zero-order chi connectivity index (χ0) is 18.7. The van der Waals surface area contributed by atoms with Crippen molar-refractivity contribution in [3.05, 3.63) is 30.1 Å². The maximum Gasteiger partial charge on any atom is 0.221 e. The molecule has 0 aliphatic rings. The molecule has 148 valence electrons. The van der Waals surface area contributed by atoms with Gasteiger partial charge in [-0.2, -0.15) is 0 Å². The Morgan fingerprint density at radius 2 is 2.04 bits per heavy atom. The SMILES string of the molecule is CCC(CNC(=NC)NCCC(=O)NC(C)C)Oc1cccc(F)c1.I. The maximum absolute atomic E-state index is 13.2. The van der Waals surface area contributed by atoms with E-state index in [4.69, 9.17) is 4.74 Å². The second-order valence-corrected chi connectivity index (χ2v) is 5.96. The maximum atomic E-state index is 13.2. The van der Waals surface area contributed by atoms with Crippen LogP contribution in [0.3, 0.4) is 0 Å². The van der Waals surface area contributed by atoms with E-state index in [0.29, 0.717) is 31.2 Å². The van der Waals surface area contributed by atoms with Gasteiger partial charge in [0.25, 0.3) is 0 Å². The Balaban J connectivity index is 0.00000625. The zero-order valence-corrected chi connectivity index (χ0v) is 18.2. The predicted octanol–water partition coefficient (Wildman–Crippen LogP) is 2.68. The molecule has 1 amide bonds. The number of nitrogens with zero attached hydrogens (tertiary/aromatic N) is 1. The van der Waals surface area contributed by atoms with Gasteiger partial charge in [-0.15, -0.1) is 24.0 Å². The lowest BCUT2D eigenvalue weighted by Gasteiger charge is -2.20. The molecule has 0 heterocycles. The number of hydrogen-bond acceptors (Lipinski definition) is 3. The quantitative estimate of drug-likeness (QED) is 0.289. The fraction of sp³-hybridized carbons (Fsp3) is 0.556. The summed E-state index contributed by atoms with van der Waals surface area (Å²) in [6.07, 6.45) is 1.01. The van der Waals surface area contributed by atoms with E-state index in [0.717, 1.165) is 6.42 Å². The molecule has 0 aliphatic carbocycles. The standard InChI is InChI=1S/C18H29FN4O2.HI/c1-5-15(25-16-8-6-7-14(19)11-16)12-22-18(20-4)21-10-9-17(24)23-13(2)3;/h6-8,11,13,15H,5,9-10,12H2,1-4H3,(H,23,24)(H2,20,21,22);1H. The number of hydrogen-bond donors (Lipinski definition) is 3. The first-order chi connectivity index (χ1) is 11.9. The number of rotatable bonds is 9. The molecule has 26 heavy (non-hydrogen) atoms. The Morgan fingerprint density at radius 1 is 1.31 bits per heavy atom. The summed E-state index contributed by atoms with van der Waals surface area (Å²) in [6, 6.07) is 6.23. The Kier molecular flexibility index (Phi) is 12.8.